The van der Waals surface area contributed by atoms with Crippen molar-refractivity contribution in [3.63, 3.8) is 0 Å². The molecule has 4 nitrogen and oxygen atoms in total. The van der Waals surface area contributed by atoms with Gasteiger partial charge in [-0.3, -0.25) is 4.79 Å². The van der Waals surface area contributed by atoms with Gasteiger partial charge in [-0.15, -0.1) is 0 Å². The first-order valence-corrected chi connectivity index (χ1v) is 6.19. The van der Waals surface area contributed by atoms with Crippen molar-refractivity contribution in [1.29, 1.82) is 0 Å². The van der Waals surface area contributed by atoms with Crippen LogP contribution in [0.25, 0.3) is 10.9 Å². The largest absolute Gasteiger partial charge is 0.339 e. The third kappa shape index (κ3) is 1.69. The molecular weight excluding hydrogens is 214 g/mol. The molecule has 0 saturated carbocycles. The summed E-state index contributed by atoms with van der Waals surface area (Å²) in [6.45, 7) is 3.26. The van der Waals surface area contributed by atoms with Crippen LogP contribution in [0, 0.1) is 0 Å². The monoisotopic (exact) mass is 231 g/mol. The highest BCUT2D eigenvalue weighted by Gasteiger charge is 2.23. The van der Waals surface area contributed by atoms with E-state index in [1.54, 1.807) is 6.20 Å². The van der Waals surface area contributed by atoms with E-state index < -0.39 is 0 Å². The van der Waals surface area contributed by atoms with E-state index in [-0.39, 0.29) is 5.56 Å². The van der Waals surface area contributed by atoms with Gasteiger partial charge in [-0.05, 0) is 38.4 Å². The summed E-state index contributed by atoms with van der Waals surface area (Å²) in [6.07, 6.45) is 6.13. The summed E-state index contributed by atoms with van der Waals surface area (Å²) in [5.41, 5.74) is 0.783. The van der Waals surface area contributed by atoms with E-state index in [4.69, 9.17) is 0 Å². The molecule has 0 aromatic carbocycles. The Balaban J connectivity index is 2.08. The molecule has 0 spiro atoms. The Morgan fingerprint density at radius 1 is 1.47 bits per heavy atom. The zero-order chi connectivity index (χ0) is 11.8. The highest BCUT2D eigenvalue weighted by molar-refractivity contribution is 5.78. The number of fused-ring (bicyclic) bond motifs is 1. The third-order valence-electron chi connectivity index (χ3n) is 3.76. The van der Waals surface area contributed by atoms with Crippen molar-refractivity contribution < 1.29 is 0 Å². The predicted molar refractivity (Wildman–Crippen MR) is 68.3 cm³/mol. The summed E-state index contributed by atoms with van der Waals surface area (Å²) in [6, 6.07) is 4.75. The van der Waals surface area contributed by atoms with E-state index in [0.717, 1.165) is 17.4 Å². The van der Waals surface area contributed by atoms with Crippen LogP contribution in [0.4, 0.5) is 0 Å². The lowest BCUT2D eigenvalue weighted by Crippen LogP contribution is -2.31. The van der Waals surface area contributed by atoms with Gasteiger partial charge in [0.2, 0.25) is 0 Å². The lowest BCUT2D eigenvalue weighted by Gasteiger charge is -2.21. The molecule has 2 aromatic rings. The van der Waals surface area contributed by atoms with Gasteiger partial charge >= 0.3 is 0 Å². The highest BCUT2D eigenvalue weighted by atomic mass is 16.1. The molecule has 1 saturated heterocycles. The van der Waals surface area contributed by atoms with Crippen molar-refractivity contribution in [2.45, 2.75) is 31.8 Å². The summed E-state index contributed by atoms with van der Waals surface area (Å²) >= 11 is 0. The molecule has 0 bridgehead atoms. The van der Waals surface area contributed by atoms with Gasteiger partial charge in [0.25, 0.3) is 5.56 Å². The van der Waals surface area contributed by atoms with Crippen molar-refractivity contribution in [2.24, 2.45) is 0 Å². The van der Waals surface area contributed by atoms with Gasteiger partial charge in [0.05, 0.1) is 0 Å². The van der Waals surface area contributed by atoms with E-state index >= 15 is 0 Å². The Kier molecular flexibility index (Phi) is 2.52. The van der Waals surface area contributed by atoms with E-state index in [2.05, 4.69) is 21.8 Å². The maximum atomic E-state index is 11.9. The molecule has 2 aromatic heterocycles. The highest BCUT2D eigenvalue weighted by Crippen LogP contribution is 2.23. The standard InChI is InChI=1S/C13H17N3O/c1-9(11-3-2-6-14-11)16-8-5-10-4-7-15-13(17)12(10)16/h4-5,7-9,11,14H,2-3,6H2,1H3,(H,15,17)/t9-,11-/m0/s1. The van der Waals surface area contributed by atoms with Crippen LogP contribution in [0.1, 0.15) is 25.8 Å². The summed E-state index contributed by atoms with van der Waals surface area (Å²) in [4.78, 5) is 14.6. The lowest BCUT2D eigenvalue weighted by atomic mass is 10.1. The van der Waals surface area contributed by atoms with Gasteiger partial charge in [-0.25, -0.2) is 0 Å². The molecule has 0 amide bonds. The van der Waals surface area contributed by atoms with Crippen LogP contribution in [-0.2, 0) is 0 Å². The van der Waals surface area contributed by atoms with Crippen molar-refractivity contribution in [3.8, 4) is 0 Å². The number of hydrogen-bond donors (Lipinski definition) is 2. The zero-order valence-electron chi connectivity index (χ0n) is 9.94. The maximum Gasteiger partial charge on any atom is 0.272 e. The van der Waals surface area contributed by atoms with Crippen molar-refractivity contribution >= 4 is 10.9 Å². The van der Waals surface area contributed by atoms with Crippen LogP contribution in [0.15, 0.2) is 29.3 Å². The number of aromatic nitrogens is 2. The van der Waals surface area contributed by atoms with Crippen molar-refractivity contribution in [2.75, 3.05) is 6.54 Å². The van der Waals surface area contributed by atoms with Gasteiger partial charge in [0.1, 0.15) is 5.52 Å². The second kappa shape index (κ2) is 4.04. The fourth-order valence-corrected chi connectivity index (χ4v) is 2.78. The Bertz CT molecular complexity index is 578. The fraction of sp³-hybridized carbons (Fsp3) is 0.462. The molecule has 3 heterocycles. The minimum atomic E-state index is -0.00246. The predicted octanol–water partition coefficient (Wildman–Crippen LogP) is 1.64. The molecule has 1 fully saturated rings. The molecule has 90 valence electrons. The van der Waals surface area contributed by atoms with Crippen LogP contribution < -0.4 is 10.9 Å². The van der Waals surface area contributed by atoms with Crippen LogP contribution in [0.3, 0.4) is 0 Å². The topological polar surface area (TPSA) is 49.8 Å². The SMILES string of the molecule is C[C@@H]([C@@H]1CCCN1)n1ccc2cc[nH]c(=O)c21. The quantitative estimate of drug-likeness (QED) is 0.825. The summed E-state index contributed by atoms with van der Waals surface area (Å²) in [7, 11) is 0. The molecule has 1 aliphatic rings. The first kappa shape index (κ1) is 10.6. The van der Waals surface area contributed by atoms with E-state index in [9.17, 15) is 4.79 Å². The molecule has 0 radical (unpaired) electrons. The van der Waals surface area contributed by atoms with Gasteiger partial charge in [0, 0.05) is 29.9 Å². The fourth-order valence-electron chi connectivity index (χ4n) is 2.78. The second-order valence-corrected chi connectivity index (χ2v) is 4.78. The number of H-pyrrole nitrogens is 1. The number of nitrogens with zero attached hydrogens (tertiary/aromatic N) is 1. The summed E-state index contributed by atoms with van der Waals surface area (Å²) in [5.74, 6) is 0. The average Bonchev–Trinajstić information content (AvgIpc) is 2.98. The number of rotatable bonds is 2. The van der Waals surface area contributed by atoms with Crippen LogP contribution in [0.5, 0.6) is 0 Å². The molecule has 2 atom stereocenters. The normalized spacial score (nSPS) is 22.1. The third-order valence-corrected chi connectivity index (χ3v) is 3.76. The lowest BCUT2D eigenvalue weighted by molar-refractivity contribution is 0.418. The van der Waals surface area contributed by atoms with Crippen LogP contribution in [0.2, 0.25) is 0 Å². The van der Waals surface area contributed by atoms with Crippen LogP contribution >= 0.6 is 0 Å². The molecule has 17 heavy (non-hydrogen) atoms. The van der Waals surface area contributed by atoms with E-state index in [1.165, 1.54) is 12.8 Å². The Hall–Kier alpha value is -1.55. The number of pyridine rings is 1. The Morgan fingerprint density at radius 3 is 3.12 bits per heavy atom. The van der Waals surface area contributed by atoms with E-state index in [1.807, 2.05) is 18.3 Å². The minimum Gasteiger partial charge on any atom is -0.339 e. The average molecular weight is 231 g/mol. The Morgan fingerprint density at radius 2 is 2.35 bits per heavy atom. The van der Waals surface area contributed by atoms with Gasteiger partial charge in [-0.1, -0.05) is 0 Å². The van der Waals surface area contributed by atoms with Crippen molar-refractivity contribution in [3.05, 3.63) is 34.9 Å². The molecule has 3 rings (SSSR count). The molecule has 0 aliphatic carbocycles. The number of hydrogen-bond acceptors (Lipinski definition) is 2. The minimum absolute atomic E-state index is 0.00246. The van der Waals surface area contributed by atoms with E-state index in [0.29, 0.717) is 12.1 Å². The van der Waals surface area contributed by atoms with Gasteiger partial charge in [-0.2, -0.15) is 0 Å². The molecule has 1 aliphatic heterocycles. The molecule has 4 heteroatoms. The van der Waals surface area contributed by atoms with Crippen molar-refractivity contribution in [1.82, 2.24) is 14.9 Å². The maximum absolute atomic E-state index is 11.9. The zero-order valence-corrected chi connectivity index (χ0v) is 9.94. The van der Waals surface area contributed by atoms with Gasteiger partial charge in [0.15, 0.2) is 0 Å². The molecule has 2 N–H and O–H groups in total. The first-order valence-electron chi connectivity index (χ1n) is 6.19. The summed E-state index contributed by atoms with van der Waals surface area (Å²) < 4.78 is 2.09. The molecular formula is C13H17N3O. The Labute approximate surface area is 99.6 Å². The summed E-state index contributed by atoms with van der Waals surface area (Å²) in [5, 5.41) is 4.51. The van der Waals surface area contributed by atoms with Crippen LogP contribution in [-0.4, -0.2) is 22.1 Å². The van der Waals surface area contributed by atoms with Gasteiger partial charge < -0.3 is 14.9 Å². The smallest absolute Gasteiger partial charge is 0.272 e. The first-order chi connectivity index (χ1) is 8.27. The number of nitrogens with one attached hydrogen (secondary N) is 2. The molecule has 0 unspecified atom stereocenters. The second-order valence-electron chi connectivity index (χ2n) is 4.78. The number of aromatic amines is 1.